The van der Waals surface area contributed by atoms with E-state index in [1.165, 1.54) is 7.11 Å². The zero-order valence-corrected chi connectivity index (χ0v) is 11.1. The van der Waals surface area contributed by atoms with Crippen molar-refractivity contribution in [1.82, 2.24) is 10.6 Å². The summed E-state index contributed by atoms with van der Waals surface area (Å²) < 4.78 is 9.47. The molecule has 2 amide bonds. The summed E-state index contributed by atoms with van der Waals surface area (Å²) in [5, 5.41) is 5.00. The highest BCUT2D eigenvalue weighted by Gasteiger charge is 2.04. The third kappa shape index (κ3) is 5.76. The number of methoxy groups -OCH3 is 2. The fourth-order valence-corrected chi connectivity index (χ4v) is 1.46. The zero-order valence-electron chi connectivity index (χ0n) is 11.1. The Morgan fingerprint density at radius 1 is 1.21 bits per heavy atom. The summed E-state index contributed by atoms with van der Waals surface area (Å²) in [7, 11) is 2.86. The molecule has 1 aromatic rings. The Kier molecular flexibility index (Phi) is 6.21. The van der Waals surface area contributed by atoms with E-state index in [-0.39, 0.29) is 12.5 Å². The van der Waals surface area contributed by atoms with Gasteiger partial charge in [-0.3, -0.25) is 4.79 Å². The highest BCUT2D eigenvalue weighted by molar-refractivity contribution is 5.81. The van der Waals surface area contributed by atoms with Crippen LogP contribution in [0.1, 0.15) is 5.56 Å². The molecule has 2 N–H and O–H groups in total. The number of ether oxygens (including phenoxy) is 2. The SMILES string of the molecule is COC(=O)NCC(=O)NCCc1cccc(OC)c1. The Bertz CT molecular complexity index is 434. The monoisotopic (exact) mass is 266 g/mol. The van der Waals surface area contributed by atoms with E-state index in [0.29, 0.717) is 13.0 Å². The smallest absolute Gasteiger partial charge is 0.407 e. The number of amides is 2. The average molecular weight is 266 g/mol. The van der Waals surface area contributed by atoms with Crippen molar-refractivity contribution in [1.29, 1.82) is 0 Å². The van der Waals surface area contributed by atoms with E-state index in [1.54, 1.807) is 7.11 Å². The average Bonchev–Trinajstić information content (AvgIpc) is 2.45. The molecule has 0 bridgehead atoms. The molecule has 6 nitrogen and oxygen atoms in total. The van der Waals surface area contributed by atoms with Crippen molar-refractivity contribution >= 4 is 12.0 Å². The maximum absolute atomic E-state index is 11.4. The predicted molar refractivity (Wildman–Crippen MR) is 70.1 cm³/mol. The van der Waals surface area contributed by atoms with E-state index in [1.807, 2.05) is 24.3 Å². The van der Waals surface area contributed by atoms with Crippen LogP contribution >= 0.6 is 0 Å². The van der Waals surface area contributed by atoms with Crippen LogP contribution in [0.5, 0.6) is 5.75 Å². The molecule has 0 atom stereocenters. The Balaban J connectivity index is 2.25. The number of nitrogens with one attached hydrogen (secondary N) is 2. The number of rotatable bonds is 6. The molecule has 0 unspecified atom stereocenters. The summed E-state index contributed by atoms with van der Waals surface area (Å²) >= 11 is 0. The normalized spacial score (nSPS) is 9.58. The first-order valence-corrected chi connectivity index (χ1v) is 5.87. The van der Waals surface area contributed by atoms with E-state index in [4.69, 9.17) is 4.74 Å². The van der Waals surface area contributed by atoms with E-state index in [2.05, 4.69) is 15.4 Å². The molecule has 0 radical (unpaired) electrons. The van der Waals surface area contributed by atoms with E-state index in [0.717, 1.165) is 11.3 Å². The van der Waals surface area contributed by atoms with Crippen LogP contribution in [0, 0.1) is 0 Å². The van der Waals surface area contributed by atoms with Gasteiger partial charge in [0, 0.05) is 6.54 Å². The van der Waals surface area contributed by atoms with Gasteiger partial charge >= 0.3 is 6.09 Å². The Labute approximate surface area is 112 Å². The van der Waals surface area contributed by atoms with Crippen molar-refractivity contribution in [2.75, 3.05) is 27.3 Å². The van der Waals surface area contributed by atoms with Crippen molar-refractivity contribution in [3.63, 3.8) is 0 Å². The van der Waals surface area contributed by atoms with Gasteiger partial charge in [-0.1, -0.05) is 12.1 Å². The Morgan fingerprint density at radius 2 is 2.00 bits per heavy atom. The molecule has 6 heteroatoms. The molecule has 0 heterocycles. The standard InChI is InChI=1S/C13H18N2O4/c1-18-11-5-3-4-10(8-11)6-7-14-12(16)9-15-13(17)19-2/h3-5,8H,6-7,9H2,1-2H3,(H,14,16)(H,15,17). The number of carbonyl (C=O) groups excluding carboxylic acids is 2. The largest absolute Gasteiger partial charge is 0.497 e. The molecular formula is C13H18N2O4. The van der Waals surface area contributed by atoms with Gasteiger partial charge in [0.1, 0.15) is 5.75 Å². The molecule has 0 aliphatic heterocycles. The van der Waals surface area contributed by atoms with Crippen molar-refractivity contribution in [3.8, 4) is 5.75 Å². The highest BCUT2D eigenvalue weighted by atomic mass is 16.5. The topological polar surface area (TPSA) is 76.7 Å². The lowest BCUT2D eigenvalue weighted by Gasteiger charge is -2.07. The van der Waals surface area contributed by atoms with Gasteiger partial charge in [0.05, 0.1) is 20.8 Å². The van der Waals surface area contributed by atoms with Crippen molar-refractivity contribution in [2.45, 2.75) is 6.42 Å². The first kappa shape index (κ1) is 14.8. The number of carbonyl (C=O) groups is 2. The number of benzene rings is 1. The molecule has 0 aliphatic carbocycles. The second-order valence-corrected chi connectivity index (χ2v) is 3.80. The molecule has 0 saturated carbocycles. The summed E-state index contributed by atoms with van der Waals surface area (Å²) in [5.41, 5.74) is 1.07. The Morgan fingerprint density at radius 3 is 2.68 bits per heavy atom. The van der Waals surface area contributed by atoms with E-state index in [9.17, 15) is 9.59 Å². The van der Waals surface area contributed by atoms with Crippen molar-refractivity contribution in [3.05, 3.63) is 29.8 Å². The molecule has 0 aliphatic rings. The fourth-order valence-electron chi connectivity index (χ4n) is 1.46. The third-order valence-corrected chi connectivity index (χ3v) is 2.45. The van der Waals surface area contributed by atoms with Gasteiger partial charge in [0.15, 0.2) is 0 Å². The first-order valence-electron chi connectivity index (χ1n) is 5.87. The molecule has 0 aromatic heterocycles. The molecule has 19 heavy (non-hydrogen) atoms. The van der Waals surface area contributed by atoms with Crippen molar-refractivity contribution in [2.24, 2.45) is 0 Å². The molecule has 0 fully saturated rings. The van der Waals surface area contributed by atoms with Gasteiger partial charge < -0.3 is 20.1 Å². The quantitative estimate of drug-likeness (QED) is 0.795. The molecule has 104 valence electrons. The lowest BCUT2D eigenvalue weighted by Crippen LogP contribution is -2.37. The second-order valence-electron chi connectivity index (χ2n) is 3.80. The third-order valence-electron chi connectivity index (χ3n) is 2.45. The van der Waals surface area contributed by atoms with E-state index < -0.39 is 6.09 Å². The zero-order chi connectivity index (χ0) is 14.1. The fraction of sp³-hybridized carbons (Fsp3) is 0.385. The predicted octanol–water partition coefficient (Wildman–Crippen LogP) is 0.710. The van der Waals surface area contributed by atoms with Gasteiger partial charge in [-0.15, -0.1) is 0 Å². The molecule has 0 saturated heterocycles. The van der Waals surface area contributed by atoms with Crippen LogP contribution in [-0.4, -0.2) is 39.3 Å². The van der Waals surface area contributed by atoms with Gasteiger partial charge in [0.25, 0.3) is 0 Å². The summed E-state index contributed by atoms with van der Waals surface area (Å²) in [5.74, 6) is 0.532. The molecule has 1 rings (SSSR count). The summed E-state index contributed by atoms with van der Waals surface area (Å²) in [6.07, 6.45) is 0.0733. The van der Waals surface area contributed by atoms with E-state index >= 15 is 0 Å². The minimum Gasteiger partial charge on any atom is -0.497 e. The molecule has 1 aromatic carbocycles. The number of hydrogen-bond acceptors (Lipinski definition) is 4. The van der Waals surface area contributed by atoms with Crippen LogP contribution in [0.3, 0.4) is 0 Å². The molecule has 0 spiro atoms. The number of alkyl carbamates (subject to hydrolysis) is 1. The summed E-state index contributed by atoms with van der Waals surface area (Å²) in [6.45, 7) is 0.402. The second kappa shape index (κ2) is 7.97. The summed E-state index contributed by atoms with van der Waals surface area (Å²) in [4.78, 5) is 22.1. The first-order chi connectivity index (χ1) is 9.15. The van der Waals surface area contributed by atoms with Gasteiger partial charge in [-0.05, 0) is 24.1 Å². The molecular weight excluding hydrogens is 248 g/mol. The van der Waals surface area contributed by atoms with Crippen LogP contribution in [-0.2, 0) is 16.0 Å². The maximum Gasteiger partial charge on any atom is 0.407 e. The lowest BCUT2D eigenvalue weighted by molar-refractivity contribution is -0.120. The van der Waals surface area contributed by atoms with Crippen molar-refractivity contribution < 1.29 is 19.1 Å². The van der Waals surface area contributed by atoms with Crippen LogP contribution < -0.4 is 15.4 Å². The van der Waals surface area contributed by atoms with Gasteiger partial charge in [-0.25, -0.2) is 4.79 Å². The number of hydrogen-bond donors (Lipinski definition) is 2. The van der Waals surface area contributed by atoms with Crippen LogP contribution in [0.2, 0.25) is 0 Å². The van der Waals surface area contributed by atoms with Gasteiger partial charge in [0.2, 0.25) is 5.91 Å². The van der Waals surface area contributed by atoms with Crippen LogP contribution in [0.15, 0.2) is 24.3 Å². The summed E-state index contributed by atoms with van der Waals surface area (Å²) in [6, 6.07) is 7.64. The van der Waals surface area contributed by atoms with Crippen LogP contribution in [0.4, 0.5) is 4.79 Å². The van der Waals surface area contributed by atoms with Crippen LogP contribution in [0.25, 0.3) is 0 Å². The highest BCUT2D eigenvalue weighted by Crippen LogP contribution is 2.12. The lowest BCUT2D eigenvalue weighted by atomic mass is 10.1. The van der Waals surface area contributed by atoms with Gasteiger partial charge in [-0.2, -0.15) is 0 Å². The minimum atomic E-state index is -0.622. The minimum absolute atomic E-state index is 0.0925. The Hall–Kier alpha value is -2.24. The maximum atomic E-state index is 11.4.